The fraction of sp³-hybridized carbons (Fsp3) is 0.118. The molecule has 1 aliphatic heterocycles. The smallest absolute Gasteiger partial charge is 0.328 e. The molecule has 0 aliphatic carbocycles. The molecule has 134 valence electrons. The largest absolute Gasteiger partial charge is 0.336 e. The number of amides is 4. The molecule has 26 heavy (non-hydrogen) atoms. The van der Waals surface area contributed by atoms with E-state index >= 15 is 0 Å². The van der Waals surface area contributed by atoms with Crippen molar-refractivity contribution >= 4 is 52.4 Å². The third-order valence-electron chi connectivity index (χ3n) is 3.77. The number of rotatable bonds is 3. The minimum Gasteiger partial charge on any atom is -0.336 e. The summed E-state index contributed by atoms with van der Waals surface area (Å²) in [6.45, 7) is -0.150. The molecule has 3 rings (SSSR count). The van der Waals surface area contributed by atoms with Gasteiger partial charge in [0.2, 0.25) is 11.8 Å². The molecule has 1 unspecified atom stereocenters. The molecule has 0 bridgehead atoms. The van der Waals surface area contributed by atoms with Gasteiger partial charge in [0.25, 0.3) is 0 Å². The number of carbonyl (C=O) groups is 3. The van der Waals surface area contributed by atoms with Crippen LogP contribution < -0.4 is 15.5 Å². The number of urea groups is 1. The highest BCUT2D eigenvalue weighted by Crippen LogP contribution is 2.26. The first-order valence-electron chi connectivity index (χ1n) is 7.50. The molecule has 6 nitrogen and oxygen atoms in total. The summed E-state index contributed by atoms with van der Waals surface area (Å²) in [5, 5.41) is 5.62. The third kappa shape index (κ3) is 3.63. The number of nitrogens with one attached hydrogen (secondary N) is 2. The Morgan fingerprint density at radius 1 is 1.12 bits per heavy atom. The second kappa shape index (κ2) is 7.31. The number of carbonyl (C=O) groups excluding carboxylic acids is 3. The summed E-state index contributed by atoms with van der Waals surface area (Å²) in [5.74, 6) is -2.97. The molecule has 0 aromatic heterocycles. The highest BCUT2D eigenvalue weighted by atomic mass is 35.5. The number of hydrogen-bond acceptors (Lipinski definition) is 3. The van der Waals surface area contributed by atoms with Gasteiger partial charge in [-0.15, -0.1) is 0 Å². The topological polar surface area (TPSA) is 78.5 Å². The normalized spacial score (nSPS) is 17.0. The molecule has 1 heterocycles. The number of anilines is 2. The lowest BCUT2D eigenvalue weighted by atomic mass is 10.0. The van der Waals surface area contributed by atoms with E-state index in [1.54, 1.807) is 0 Å². The van der Waals surface area contributed by atoms with Crippen LogP contribution in [0.3, 0.4) is 0 Å². The minimum atomic E-state index is -1.15. The van der Waals surface area contributed by atoms with Gasteiger partial charge in [0.05, 0.1) is 15.7 Å². The molecule has 0 spiro atoms. The van der Waals surface area contributed by atoms with Gasteiger partial charge in [-0.3, -0.25) is 9.59 Å². The Labute approximate surface area is 157 Å². The second-order valence-electron chi connectivity index (χ2n) is 5.51. The summed E-state index contributed by atoms with van der Waals surface area (Å²) in [6, 6.07) is 8.62. The summed E-state index contributed by atoms with van der Waals surface area (Å²) in [7, 11) is 0. The molecular formula is C17H12Cl2FN3O3. The van der Waals surface area contributed by atoms with Crippen molar-refractivity contribution in [3.8, 4) is 0 Å². The molecule has 2 aromatic carbocycles. The van der Waals surface area contributed by atoms with Crippen LogP contribution in [-0.2, 0) is 9.59 Å². The van der Waals surface area contributed by atoms with Gasteiger partial charge in [-0.1, -0.05) is 23.2 Å². The average Bonchev–Trinajstić information content (AvgIpc) is 2.60. The fourth-order valence-electron chi connectivity index (χ4n) is 2.45. The molecule has 1 fully saturated rings. The predicted octanol–water partition coefficient (Wildman–Crippen LogP) is 3.44. The molecule has 1 aliphatic rings. The summed E-state index contributed by atoms with van der Waals surface area (Å²) < 4.78 is 13.1. The first-order valence-corrected chi connectivity index (χ1v) is 8.25. The lowest BCUT2D eigenvalue weighted by Crippen LogP contribution is -2.58. The van der Waals surface area contributed by atoms with Crippen LogP contribution in [0.25, 0.3) is 0 Å². The van der Waals surface area contributed by atoms with Crippen LogP contribution in [0, 0.1) is 11.7 Å². The van der Waals surface area contributed by atoms with Crippen LogP contribution in [0.15, 0.2) is 42.5 Å². The predicted molar refractivity (Wildman–Crippen MR) is 95.9 cm³/mol. The molecule has 9 heteroatoms. The van der Waals surface area contributed by atoms with Gasteiger partial charge in [-0.2, -0.15) is 0 Å². The van der Waals surface area contributed by atoms with Gasteiger partial charge in [-0.05, 0) is 42.5 Å². The molecular weight excluding hydrogens is 384 g/mol. The van der Waals surface area contributed by atoms with Crippen LogP contribution in [0.2, 0.25) is 10.0 Å². The Morgan fingerprint density at radius 3 is 2.46 bits per heavy atom. The van der Waals surface area contributed by atoms with Crippen LogP contribution >= 0.6 is 23.2 Å². The quantitative estimate of drug-likeness (QED) is 0.781. The Bertz CT molecular complexity index is 889. The van der Waals surface area contributed by atoms with Crippen molar-refractivity contribution in [1.29, 1.82) is 0 Å². The minimum absolute atomic E-state index is 0.150. The first kappa shape index (κ1) is 18.2. The van der Waals surface area contributed by atoms with E-state index in [2.05, 4.69) is 10.6 Å². The summed E-state index contributed by atoms with van der Waals surface area (Å²) >= 11 is 11.7. The standard InChI is InChI=1S/C17H12Cl2FN3O3/c18-13-6-3-10(7-14(13)19)22-15(24)12-8-21-17(26)23(16(12)25)11-4-1-9(20)2-5-11/h1-7,12H,8H2,(H,21,26)(H,22,24). The highest BCUT2D eigenvalue weighted by molar-refractivity contribution is 6.42. The van der Waals surface area contributed by atoms with E-state index in [-0.39, 0.29) is 17.3 Å². The summed E-state index contributed by atoms with van der Waals surface area (Å²) in [6.07, 6.45) is 0. The van der Waals surface area contributed by atoms with Gasteiger partial charge in [-0.25, -0.2) is 14.1 Å². The van der Waals surface area contributed by atoms with Crippen molar-refractivity contribution in [3.63, 3.8) is 0 Å². The number of halogens is 3. The maximum Gasteiger partial charge on any atom is 0.328 e. The number of imide groups is 1. The van der Waals surface area contributed by atoms with Crippen molar-refractivity contribution in [1.82, 2.24) is 5.32 Å². The Balaban J connectivity index is 1.80. The van der Waals surface area contributed by atoms with Crippen molar-refractivity contribution < 1.29 is 18.8 Å². The van der Waals surface area contributed by atoms with Gasteiger partial charge in [0, 0.05) is 12.2 Å². The van der Waals surface area contributed by atoms with Gasteiger partial charge in [0.1, 0.15) is 11.7 Å². The number of benzene rings is 2. The van der Waals surface area contributed by atoms with Gasteiger partial charge < -0.3 is 10.6 Å². The number of nitrogens with zero attached hydrogens (tertiary/aromatic N) is 1. The van der Waals surface area contributed by atoms with Crippen molar-refractivity contribution in [2.75, 3.05) is 16.8 Å². The zero-order valence-electron chi connectivity index (χ0n) is 13.1. The van der Waals surface area contributed by atoms with Crippen molar-refractivity contribution in [2.24, 2.45) is 5.92 Å². The molecule has 2 aromatic rings. The molecule has 2 N–H and O–H groups in total. The van der Waals surface area contributed by atoms with E-state index in [0.717, 1.165) is 17.0 Å². The third-order valence-corrected chi connectivity index (χ3v) is 4.51. The number of hydrogen-bond donors (Lipinski definition) is 2. The van der Waals surface area contributed by atoms with Gasteiger partial charge in [0.15, 0.2) is 0 Å². The summed E-state index contributed by atoms with van der Waals surface area (Å²) in [5.41, 5.74) is 0.531. The zero-order valence-corrected chi connectivity index (χ0v) is 14.6. The van der Waals surface area contributed by atoms with Gasteiger partial charge >= 0.3 is 6.03 Å². The lowest BCUT2D eigenvalue weighted by molar-refractivity contribution is -0.130. The second-order valence-corrected chi connectivity index (χ2v) is 6.32. The van der Waals surface area contributed by atoms with Crippen molar-refractivity contribution in [3.05, 3.63) is 58.3 Å². The average molecular weight is 396 g/mol. The lowest BCUT2D eigenvalue weighted by Gasteiger charge is -2.30. The van der Waals surface area contributed by atoms with Crippen LogP contribution in [0.5, 0.6) is 0 Å². The van der Waals surface area contributed by atoms with E-state index in [0.29, 0.717) is 10.7 Å². The maximum atomic E-state index is 13.1. The van der Waals surface area contributed by atoms with E-state index in [9.17, 15) is 18.8 Å². The Kier molecular flexibility index (Phi) is 5.11. The van der Waals surface area contributed by atoms with Crippen LogP contribution in [0.4, 0.5) is 20.6 Å². The Hall–Kier alpha value is -2.64. The van der Waals surface area contributed by atoms with Crippen molar-refractivity contribution in [2.45, 2.75) is 0 Å². The van der Waals surface area contributed by atoms with Crippen LogP contribution in [0.1, 0.15) is 0 Å². The zero-order chi connectivity index (χ0) is 18.8. The Morgan fingerprint density at radius 2 is 1.81 bits per heavy atom. The van der Waals surface area contributed by atoms with E-state index in [1.807, 2.05) is 0 Å². The fourth-order valence-corrected chi connectivity index (χ4v) is 2.75. The monoisotopic (exact) mass is 395 g/mol. The molecule has 4 amide bonds. The van der Waals surface area contributed by atoms with E-state index in [4.69, 9.17) is 23.2 Å². The molecule has 0 radical (unpaired) electrons. The van der Waals surface area contributed by atoms with Crippen LogP contribution in [-0.4, -0.2) is 24.4 Å². The first-order chi connectivity index (χ1) is 12.4. The van der Waals surface area contributed by atoms with E-state index in [1.165, 1.54) is 30.3 Å². The summed E-state index contributed by atoms with van der Waals surface area (Å²) in [4.78, 5) is 37.9. The molecule has 0 saturated carbocycles. The maximum absolute atomic E-state index is 13.1. The molecule has 1 atom stereocenters. The SMILES string of the molecule is O=C(Nc1ccc(Cl)c(Cl)c1)C1CNC(=O)N(c2ccc(F)cc2)C1=O. The van der Waals surface area contributed by atoms with E-state index < -0.39 is 29.6 Å². The molecule has 1 saturated heterocycles. The highest BCUT2D eigenvalue weighted by Gasteiger charge is 2.39.